The summed E-state index contributed by atoms with van der Waals surface area (Å²) in [6, 6.07) is 15.8. The maximum atomic E-state index is 13.6. The Morgan fingerprint density at radius 3 is 2.61 bits per heavy atom. The molecule has 0 saturated carbocycles. The normalized spacial score (nSPS) is 11.2. The highest BCUT2D eigenvalue weighted by Gasteiger charge is 2.17. The number of unbranched alkanes of at least 4 members (excludes halogenated alkanes) is 1. The molecule has 8 nitrogen and oxygen atoms in total. The molecule has 5 aromatic rings. The molecule has 182 valence electrons. The zero-order chi connectivity index (χ0) is 25.1. The van der Waals surface area contributed by atoms with Gasteiger partial charge in [-0.1, -0.05) is 61.3 Å². The predicted molar refractivity (Wildman–Crippen MR) is 140 cm³/mol. The van der Waals surface area contributed by atoms with Crippen LogP contribution in [0, 0.1) is 6.92 Å². The molecule has 0 bridgehead atoms. The first-order valence-corrected chi connectivity index (χ1v) is 12.3. The molecule has 3 aromatic heterocycles. The van der Waals surface area contributed by atoms with Crippen LogP contribution in [0.4, 0.5) is 0 Å². The Labute approximate surface area is 213 Å². The number of tetrazole rings is 1. The smallest absolute Gasteiger partial charge is 0.292 e. The first-order valence-electron chi connectivity index (χ1n) is 11.9. The van der Waals surface area contributed by atoms with E-state index >= 15 is 0 Å². The molecule has 0 aliphatic carbocycles. The number of imidazole rings is 1. The van der Waals surface area contributed by atoms with Crippen molar-refractivity contribution in [3.05, 3.63) is 99.4 Å². The maximum Gasteiger partial charge on any atom is 0.333 e. The van der Waals surface area contributed by atoms with Crippen LogP contribution in [0.25, 0.3) is 28.2 Å². The molecule has 1 N–H and O–H groups in total. The molecule has 0 atom stereocenters. The van der Waals surface area contributed by atoms with Crippen LogP contribution in [-0.4, -0.2) is 34.7 Å². The van der Waals surface area contributed by atoms with Crippen molar-refractivity contribution in [3.63, 3.8) is 0 Å². The third kappa shape index (κ3) is 4.59. The number of aromatic amines is 1. The van der Waals surface area contributed by atoms with E-state index in [4.69, 9.17) is 11.6 Å². The summed E-state index contributed by atoms with van der Waals surface area (Å²) in [7, 11) is 0. The maximum absolute atomic E-state index is 13.6. The van der Waals surface area contributed by atoms with Crippen molar-refractivity contribution >= 4 is 11.6 Å². The van der Waals surface area contributed by atoms with Gasteiger partial charge in [-0.15, -0.1) is 5.10 Å². The Morgan fingerprint density at radius 2 is 1.89 bits per heavy atom. The highest BCUT2D eigenvalue weighted by atomic mass is 35.5. The van der Waals surface area contributed by atoms with Gasteiger partial charge in [0.2, 0.25) is 0 Å². The number of nitrogens with one attached hydrogen (secondary N) is 1. The van der Waals surface area contributed by atoms with Crippen LogP contribution in [0.3, 0.4) is 0 Å². The Bertz CT molecular complexity index is 1520. The molecular weight excluding hydrogens is 474 g/mol. The molecule has 0 aliphatic rings. The Kier molecular flexibility index (Phi) is 6.77. The molecule has 36 heavy (non-hydrogen) atoms. The van der Waals surface area contributed by atoms with E-state index in [1.165, 1.54) is 0 Å². The topological polar surface area (TPSA) is 94.3 Å². The molecule has 0 unspecified atom stereocenters. The minimum Gasteiger partial charge on any atom is -0.292 e. The lowest BCUT2D eigenvalue weighted by molar-refractivity contribution is 0.674. The van der Waals surface area contributed by atoms with Gasteiger partial charge in [0.25, 0.3) is 0 Å². The standard InChI is InChI=1S/C27H26ClN7O/c1-3-4-7-21-17-35(25-18(2)6-5-8-24(25)28)27(36)34(21)16-19-9-11-20(12-10-19)22-13-14-29-15-23(22)26-30-32-33-31-26/h5-6,8-15,17H,3-4,7,16H2,1-2H3,(H,30,31,32,33). The van der Waals surface area contributed by atoms with Crippen LogP contribution in [-0.2, 0) is 13.0 Å². The van der Waals surface area contributed by atoms with Crippen LogP contribution in [0.2, 0.25) is 5.02 Å². The second kappa shape index (κ2) is 10.3. The molecule has 0 aliphatic heterocycles. The zero-order valence-corrected chi connectivity index (χ0v) is 20.9. The van der Waals surface area contributed by atoms with E-state index in [-0.39, 0.29) is 5.69 Å². The molecule has 5 rings (SSSR count). The molecule has 0 radical (unpaired) electrons. The number of hydrogen-bond donors (Lipinski definition) is 1. The minimum absolute atomic E-state index is 0.0874. The monoisotopic (exact) mass is 499 g/mol. The third-order valence-corrected chi connectivity index (χ3v) is 6.61. The summed E-state index contributed by atoms with van der Waals surface area (Å²) < 4.78 is 3.54. The van der Waals surface area contributed by atoms with Crippen molar-refractivity contribution < 1.29 is 0 Å². The van der Waals surface area contributed by atoms with Gasteiger partial charge in [0.15, 0.2) is 5.82 Å². The Hall–Kier alpha value is -4.04. The number of aromatic nitrogens is 7. The number of hydrogen-bond acceptors (Lipinski definition) is 5. The number of para-hydroxylation sites is 1. The summed E-state index contributed by atoms with van der Waals surface area (Å²) in [5.41, 5.74) is 6.44. The van der Waals surface area contributed by atoms with Gasteiger partial charge in [-0.3, -0.25) is 14.1 Å². The number of rotatable bonds is 8. The SMILES string of the molecule is CCCCc1cn(-c2c(C)cccc2Cl)c(=O)n1Cc1ccc(-c2ccncc2-c2nnn[nH]2)cc1. The second-order valence-electron chi connectivity index (χ2n) is 8.74. The van der Waals surface area contributed by atoms with Crippen molar-refractivity contribution in [2.75, 3.05) is 0 Å². The Morgan fingerprint density at radius 1 is 1.06 bits per heavy atom. The van der Waals surface area contributed by atoms with Crippen LogP contribution in [0.1, 0.15) is 36.6 Å². The van der Waals surface area contributed by atoms with Gasteiger partial charge in [-0.2, -0.15) is 0 Å². The van der Waals surface area contributed by atoms with E-state index in [1.807, 2.05) is 66.2 Å². The lowest BCUT2D eigenvalue weighted by Crippen LogP contribution is -2.25. The van der Waals surface area contributed by atoms with Crippen molar-refractivity contribution in [2.45, 2.75) is 39.7 Å². The largest absolute Gasteiger partial charge is 0.333 e. The first-order chi connectivity index (χ1) is 17.6. The van der Waals surface area contributed by atoms with Crippen molar-refractivity contribution in [1.82, 2.24) is 34.7 Å². The fourth-order valence-corrected chi connectivity index (χ4v) is 4.74. The van der Waals surface area contributed by atoms with Gasteiger partial charge < -0.3 is 0 Å². The van der Waals surface area contributed by atoms with E-state index in [0.717, 1.165) is 58.5 Å². The zero-order valence-electron chi connectivity index (χ0n) is 20.1. The number of aryl methyl sites for hydroxylation is 2. The fraction of sp³-hybridized carbons (Fsp3) is 0.222. The molecule has 2 aromatic carbocycles. The van der Waals surface area contributed by atoms with E-state index < -0.39 is 0 Å². The number of nitrogens with zero attached hydrogens (tertiary/aromatic N) is 6. The lowest BCUT2D eigenvalue weighted by Gasteiger charge is -2.10. The fourth-order valence-electron chi connectivity index (χ4n) is 4.42. The molecule has 0 spiro atoms. The average Bonchev–Trinajstić information content (AvgIpc) is 3.53. The molecule has 0 fully saturated rings. The number of pyridine rings is 1. The van der Waals surface area contributed by atoms with Gasteiger partial charge in [-0.25, -0.2) is 9.89 Å². The summed E-state index contributed by atoms with van der Waals surface area (Å²) in [6.07, 6.45) is 8.31. The van der Waals surface area contributed by atoms with Gasteiger partial charge in [-0.05, 0) is 64.6 Å². The van der Waals surface area contributed by atoms with Gasteiger partial charge >= 0.3 is 5.69 Å². The van der Waals surface area contributed by atoms with E-state index in [9.17, 15) is 4.79 Å². The average molecular weight is 500 g/mol. The summed E-state index contributed by atoms with van der Waals surface area (Å²) in [4.78, 5) is 17.8. The molecule has 0 saturated heterocycles. The van der Waals surface area contributed by atoms with E-state index in [2.05, 4.69) is 32.5 Å². The molecule has 9 heteroatoms. The lowest BCUT2D eigenvalue weighted by atomic mass is 10.00. The summed E-state index contributed by atoms with van der Waals surface area (Å²) >= 11 is 6.50. The number of H-pyrrole nitrogens is 1. The van der Waals surface area contributed by atoms with Crippen molar-refractivity contribution in [3.8, 4) is 28.2 Å². The summed E-state index contributed by atoms with van der Waals surface area (Å²) in [5.74, 6) is 0.561. The third-order valence-electron chi connectivity index (χ3n) is 6.30. The van der Waals surface area contributed by atoms with Crippen LogP contribution >= 0.6 is 11.6 Å². The molecule has 0 amide bonds. The van der Waals surface area contributed by atoms with Gasteiger partial charge in [0, 0.05) is 29.8 Å². The highest BCUT2D eigenvalue weighted by molar-refractivity contribution is 6.32. The molecule has 3 heterocycles. The van der Waals surface area contributed by atoms with E-state index in [0.29, 0.717) is 17.4 Å². The second-order valence-corrected chi connectivity index (χ2v) is 9.14. The number of benzene rings is 2. The van der Waals surface area contributed by atoms with Crippen molar-refractivity contribution in [1.29, 1.82) is 0 Å². The van der Waals surface area contributed by atoms with Crippen molar-refractivity contribution in [2.24, 2.45) is 0 Å². The minimum atomic E-state index is -0.0874. The predicted octanol–water partition coefficient (Wildman–Crippen LogP) is 5.23. The van der Waals surface area contributed by atoms with Gasteiger partial charge in [0.1, 0.15) is 0 Å². The Balaban J connectivity index is 1.49. The summed E-state index contributed by atoms with van der Waals surface area (Å²) in [6.45, 7) is 4.60. The number of halogens is 1. The summed E-state index contributed by atoms with van der Waals surface area (Å²) in [5, 5.41) is 14.7. The van der Waals surface area contributed by atoms with E-state index in [1.54, 1.807) is 17.0 Å². The first kappa shape index (κ1) is 23.7. The highest BCUT2D eigenvalue weighted by Crippen LogP contribution is 2.29. The van der Waals surface area contributed by atoms with Crippen LogP contribution in [0.15, 0.2) is 71.9 Å². The van der Waals surface area contributed by atoms with Crippen LogP contribution in [0.5, 0.6) is 0 Å². The van der Waals surface area contributed by atoms with Crippen LogP contribution < -0.4 is 5.69 Å². The quantitative estimate of drug-likeness (QED) is 0.315. The molecular formula is C27H26ClN7O. The van der Waals surface area contributed by atoms with Gasteiger partial charge in [0.05, 0.1) is 17.3 Å².